The van der Waals surface area contributed by atoms with Gasteiger partial charge in [0.2, 0.25) is 0 Å². The second-order valence-electron chi connectivity index (χ2n) is 15.4. The quantitative estimate of drug-likeness (QED) is 0.0957. The summed E-state index contributed by atoms with van der Waals surface area (Å²) in [4.78, 5) is 54.1. The molecule has 0 amide bonds. The molecule has 0 radical (unpaired) electrons. The highest BCUT2D eigenvalue weighted by Crippen LogP contribution is 2.38. The molecule has 4 N–H and O–H groups in total. The molecule has 2 aliphatic rings. The molecule has 266 valence electrons. The molecule has 2 aliphatic carbocycles. The highest BCUT2D eigenvalue weighted by molar-refractivity contribution is 5.72. The van der Waals surface area contributed by atoms with Gasteiger partial charge in [0.25, 0.3) is 0 Å². The molecule has 0 aromatic heterocycles. The summed E-state index contributed by atoms with van der Waals surface area (Å²) in [5, 5.41) is 0. The smallest absolute Gasteiger partial charge is 0.362 e. The van der Waals surface area contributed by atoms with Crippen molar-refractivity contribution in [1.29, 1.82) is 0 Å². The topological polar surface area (TPSA) is 123 Å². The van der Waals surface area contributed by atoms with Crippen LogP contribution in [0.2, 0.25) is 0 Å². The van der Waals surface area contributed by atoms with Crippen LogP contribution in [0.15, 0.2) is 0 Å². The first-order chi connectivity index (χ1) is 21.5. The third-order valence-corrected chi connectivity index (χ3v) is 9.18. The number of hydrogen-bond acceptors (Lipinski definition) is 8. The molecule has 8 atom stereocenters. The molecule has 0 aliphatic heterocycles. The summed E-state index contributed by atoms with van der Waals surface area (Å²) in [5.74, 6) is 0.540. The van der Waals surface area contributed by atoms with Gasteiger partial charge < -0.3 is 38.5 Å². The van der Waals surface area contributed by atoms with Crippen LogP contribution in [0.5, 0.6) is 0 Å². The molecule has 46 heavy (non-hydrogen) atoms. The fourth-order valence-corrected chi connectivity index (χ4v) is 6.83. The van der Waals surface area contributed by atoms with Crippen molar-refractivity contribution in [1.82, 2.24) is 0 Å². The van der Waals surface area contributed by atoms with Gasteiger partial charge in [0, 0.05) is 0 Å². The van der Waals surface area contributed by atoms with Gasteiger partial charge in [0.05, 0.1) is 56.4 Å². The molecule has 2 saturated carbocycles. The Morgan fingerprint density at radius 3 is 1.00 bits per heavy atom. The standard InChI is InChI=1S/C34H62N4O8/c1-23(15-25-11-13-27(43-31(39)19-35(3)4)29(17-25)45-33(41)21-37(7)8)24(2)16-26-12-14-28(44-32(40)20-36(5)6)30(18-26)46-34(42)22-38(9)10/h23-30H,11-22H2,1-10H3/p+4/t23-,24+,25?,26?,27?,28?,29?,30?. The van der Waals surface area contributed by atoms with Crippen LogP contribution in [0.3, 0.4) is 0 Å². The summed E-state index contributed by atoms with van der Waals surface area (Å²) in [6.07, 6.45) is 4.93. The van der Waals surface area contributed by atoms with Crippen LogP contribution >= 0.6 is 0 Å². The summed E-state index contributed by atoms with van der Waals surface area (Å²) in [6, 6.07) is 0. The number of rotatable bonds is 17. The Bertz CT molecular complexity index is 899. The average Bonchev–Trinajstić information content (AvgIpc) is 2.89. The fourth-order valence-electron chi connectivity index (χ4n) is 6.83. The summed E-state index contributed by atoms with van der Waals surface area (Å²) in [5.41, 5.74) is 0. The number of quaternary nitrogens is 4. The number of hydrogen-bond donors (Lipinski definition) is 4. The van der Waals surface area contributed by atoms with Crippen molar-refractivity contribution in [2.24, 2.45) is 23.7 Å². The normalized spacial score (nSPS) is 26.6. The maximum absolute atomic E-state index is 12.6. The van der Waals surface area contributed by atoms with E-state index in [1.165, 1.54) is 0 Å². The summed E-state index contributed by atoms with van der Waals surface area (Å²) >= 11 is 0. The molecule has 0 heterocycles. The minimum Gasteiger partial charge on any atom is -0.454 e. The van der Waals surface area contributed by atoms with E-state index in [1.807, 2.05) is 56.4 Å². The maximum atomic E-state index is 12.6. The van der Waals surface area contributed by atoms with Gasteiger partial charge in [-0.05, 0) is 75.0 Å². The summed E-state index contributed by atoms with van der Waals surface area (Å²) < 4.78 is 23.5. The van der Waals surface area contributed by atoms with Gasteiger partial charge >= 0.3 is 23.9 Å². The zero-order chi connectivity index (χ0) is 34.6. The van der Waals surface area contributed by atoms with Crippen molar-refractivity contribution < 1.29 is 57.7 Å². The third-order valence-electron chi connectivity index (χ3n) is 9.18. The van der Waals surface area contributed by atoms with E-state index in [2.05, 4.69) is 13.8 Å². The van der Waals surface area contributed by atoms with Gasteiger partial charge in [-0.3, -0.25) is 0 Å². The molecule has 6 unspecified atom stereocenters. The lowest BCUT2D eigenvalue weighted by Crippen LogP contribution is -3.06. The zero-order valence-electron chi connectivity index (χ0n) is 30.4. The van der Waals surface area contributed by atoms with Gasteiger partial charge in [0.1, 0.15) is 24.4 Å². The first-order valence-electron chi connectivity index (χ1n) is 17.5. The highest BCUT2D eigenvalue weighted by Gasteiger charge is 2.39. The Morgan fingerprint density at radius 1 is 0.478 bits per heavy atom. The van der Waals surface area contributed by atoms with E-state index in [4.69, 9.17) is 18.9 Å². The van der Waals surface area contributed by atoms with E-state index in [1.54, 1.807) is 0 Å². The highest BCUT2D eigenvalue weighted by atomic mass is 16.6. The lowest BCUT2D eigenvalue weighted by Gasteiger charge is -2.38. The minimum absolute atomic E-state index is 0.264. The van der Waals surface area contributed by atoms with Crippen molar-refractivity contribution in [3.05, 3.63) is 0 Å². The van der Waals surface area contributed by atoms with Crippen LogP contribution < -0.4 is 19.6 Å². The van der Waals surface area contributed by atoms with Gasteiger partial charge in [-0.15, -0.1) is 0 Å². The monoisotopic (exact) mass is 658 g/mol. The zero-order valence-corrected chi connectivity index (χ0v) is 30.4. The van der Waals surface area contributed by atoms with E-state index in [9.17, 15) is 19.2 Å². The summed E-state index contributed by atoms with van der Waals surface area (Å²) in [6.45, 7) is 5.66. The first kappa shape index (κ1) is 39.9. The molecule has 0 spiro atoms. The van der Waals surface area contributed by atoms with Crippen molar-refractivity contribution in [3.8, 4) is 0 Å². The Kier molecular flexibility index (Phi) is 16.9. The SMILES string of the molecule is C[C@H](CC1CCC(OC(=O)C[NH+](C)C)C(OC(=O)C[NH+](C)C)C1)[C@@H](C)CC1CCC(OC(=O)C[NH+](C)C)C(OC(=O)C[NH+](C)C)C1. The molecular weight excluding hydrogens is 592 g/mol. The number of ether oxygens (including phenoxy) is 4. The predicted octanol–water partition coefficient (Wildman–Crippen LogP) is -3.14. The van der Waals surface area contributed by atoms with Crippen LogP contribution in [0, 0.1) is 23.7 Å². The van der Waals surface area contributed by atoms with Gasteiger partial charge in [0.15, 0.2) is 26.2 Å². The molecule has 0 saturated heterocycles. The first-order valence-corrected chi connectivity index (χ1v) is 17.5. The fraction of sp³-hybridized carbons (Fsp3) is 0.882. The van der Waals surface area contributed by atoms with E-state index in [-0.39, 0.29) is 50.1 Å². The molecule has 2 fully saturated rings. The van der Waals surface area contributed by atoms with Gasteiger partial charge in [-0.25, -0.2) is 19.2 Å². The number of likely N-dealkylation sites (N-methyl/N-ethyl adjacent to an activating group) is 4. The second kappa shape index (κ2) is 19.5. The van der Waals surface area contributed by atoms with Crippen LogP contribution in [-0.2, 0) is 38.1 Å². The van der Waals surface area contributed by atoms with Gasteiger partial charge in [-0.1, -0.05) is 13.8 Å². The average molecular weight is 659 g/mol. The van der Waals surface area contributed by atoms with Crippen LogP contribution in [0.25, 0.3) is 0 Å². The number of carbonyl (C=O) groups is 4. The van der Waals surface area contributed by atoms with E-state index < -0.39 is 24.4 Å². The number of nitrogens with one attached hydrogen (secondary N) is 4. The lowest BCUT2D eigenvalue weighted by atomic mass is 9.73. The largest absolute Gasteiger partial charge is 0.454 e. The molecule has 12 heteroatoms. The summed E-state index contributed by atoms with van der Waals surface area (Å²) in [7, 11) is 15.3. The predicted molar refractivity (Wildman–Crippen MR) is 172 cm³/mol. The molecule has 0 bridgehead atoms. The molecule has 2 rings (SSSR count). The Morgan fingerprint density at radius 2 is 0.739 bits per heavy atom. The Hall–Kier alpha value is -2.28. The number of carbonyl (C=O) groups excluding carboxylic acids is 4. The van der Waals surface area contributed by atoms with Crippen LogP contribution in [-0.4, -0.2) is 131 Å². The maximum Gasteiger partial charge on any atom is 0.362 e. The van der Waals surface area contributed by atoms with Crippen molar-refractivity contribution in [2.75, 3.05) is 82.6 Å². The van der Waals surface area contributed by atoms with Gasteiger partial charge in [-0.2, -0.15) is 0 Å². The Labute approximate surface area is 277 Å². The van der Waals surface area contributed by atoms with E-state index >= 15 is 0 Å². The van der Waals surface area contributed by atoms with Crippen molar-refractivity contribution in [3.63, 3.8) is 0 Å². The second-order valence-corrected chi connectivity index (χ2v) is 15.4. The van der Waals surface area contributed by atoms with Crippen LogP contribution in [0.1, 0.15) is 65.2 Å². The minimum atomic E-state index is -0.430. The lowest BCUT2D eigenvalue weighted by molar-refractivity contribution is -0.850. The molecule has 0 aromatic carbocycles. The third kappa shape index (κ3) is 15.1. The number of esters is 4. The molecule has 12 nitrogen and oxygen atoms in total. The molecule has 0 aromatic rings. The Balaban J connectivity index is 2.00. The van der Waals surface area contributed by atoms with E-state index in [0.717, 1.165) is 45.3 Å². The van der Waals surface area contributed by atoms with E-state index in [0.29, 0.717) is 49.4 Å². The van der Waals surface area contributed by atoms with Crippen LogP contribution in [0.4, 0.5) is 0 Å². The molecular formula is C34H66N4O8+4. The van der Waals surface area contributed by atoms with Crippen molar-refractivity contribution in [2.45, 2.75) is 89.6 Å². The van der Waals surface area contributed by atoms with Crippen molar-refractivity contribution >= 4 is 23.9 Å².